The van der Waals surface area contributed by atoms with Crippen molar-refractivity contribution < 1.29 is 4.74 Å². The predicted molar refractivity (Wildman–Crippen MR) is 128 cm³/mol. The molecule has 0 unspecified atom stereocenters. The molecule has 0 spiro atoms. The maximum absolute atomic E-state index is 6.19. The van der Waals surface area contributed by atoms with Gasteiger partial charge in [0.1, 0.15) is 11.4 Å². The van der Waals surface area contributed by atoms with Crippen LogP contribution in [0.1, 0.15) is 58.9 Å². The minimum Gasteiger partial charge on any atom is -0.487 e. The van der Waals surface area contributed by atoms with Gasteiger partial charge < -0.3 is 14.6 Å². The molecule has 0 amide bonds. The number of nitrogens with one attached hydrogen (secondary N) is 1. The van der Waals surface area contributed by atoms with Gasteiger partial charge in [0, 0.05) is 28.0 Å². The van der Waals surface area contributed by atoms with Gasteiger partial charge in [-0.15, -0.1) is 0 Å². The Bertz CT molecular complexity index is 994. The molecule has 1 N–H and O–H groups in total. The molecule has 3 aromatic rings. The van der Waals surface area contributed by atoms with Crippen LogP contribution in [0.2, 0.25) is 0 Å². The first-order valence-electron chi connectivity index (χ1n) is 11.1. The summed E-state index contributed by atoms with van der Waals surface area (Å²) in [6.07, 6.45) is 4.72. The normalized spacial score (nSPS) is 16.5. The Hall–Kier alpha value is -1.91. The number of H-pyrrole nitrogens is 1. The molecule has 30 heavy (non-hydrogen) atoms. The summed E-state index contributed by atoms with van der Waals surface area (Å²) in [5, 5.41) is 1.37. The molecule has 0 atom stereocenters. The topological polar surface area (TPSA) is 28.3 Å². The molecule has 1 aliphatic rings. The molecule has 0 aliphatic carbocycles. The van der Waals surface area contributed by atoms with E-state index in [0.717, 1.165) is 10.6 Å². The highest BCUT2D eigenvalue weighted by molar-refractivity contribution is 7.99. The van der Waals surface area contributed by atoms with Gasteiger partial charge in [0.25, 0.3) is 0 Å². The molecule has 160 valence electrons. The zero-order valence-corrected chi connectivity index (χ0v) is 19.7. The van der Waals surface area contributed by atoms with Gasteiger partial charge in [-0.25, -0.2) is 0 Å². The fourth-order valence-corrected chi connectivity index (χ4v) is 5.25. The lowest BCUT2D eigenvalue weighted by atomic mass is 9.89. The molecule has 4 rings (SSSR count). The standard InChI is InChI=1S/C26H34N2OS/c1-18(2)28-14-12-19(13-15-28)22-17-27-23-11-10-20(16-21(22)23)30-25-9-7-6-8-24(25)29-26(3,4)5/h6-11,16-19,27H,12-15H2,1-5H3. The molecule has 0 bridgehead atoms. The third-order valence-corrected chi connectivity index (χ3v) is 6.92. The molecule has 0 saturated carbocycles. The Kier molecular flexibility index (Phi) is 6.17. The van der Waals surface area contributed by atoms with E-state index in [1.165, 1.54) is 47.3 Å². The maximum atomic E-state index is 6.19. The van der Waals surface area contributed by atoms with E-state index in [9.17, 15) is 0 Å². The van der Waals surface area contributed by atoms with Crippen molar-refractivity contribution in [1.29, 1.82) is 0 Å². The minimum atomic E-state index is -0.209. The number of piperidine rings is 1. The van der Waals surface area contributed by atoms with E-state index in [2.05, 4.69) is 87.1 Å². The van der Waals surface area contributed by atoms with E-state index in [0.29, 0.717) is 12.0 Å². The second-order valence-electron chi connectivity index (χ2n) is 9.62. The van der Waals surface area contributed by atoms with Crippen molar-refractivity contribution in [1.82, 2.24) is 9.88 Å². The van der Waals surface area contributed by atoms with E-state index >= 15 is 0 Å². The summed E-state index contributed by atoms with van der Waals surface area (Å²) in [5.74, 6) is 1.59. The third-order valence-electron chi connectivity index (χ3n) is 5.88. The van der Waals surface area contributed by atoms with Gasteiger partial charge in [0.05, 0.1) is 4.90 Å². The number of rotatable bonds is 5. The predicted octanol–water partition coefficient (Wildman–Crippen LogP) is 7.08. The monoisotopic (exact) mass is 422 g/mol. The van der Waals surface area contributed by atoms with Crippen molar-refractivity contribution in [2.45, 2.75) is 74.8 Å². The smallest absolute Gasteiger partial charge is 0.134 e. The summed E-state index contributed by atoms with van der Waals surface area (Å²) in [7, 11) is 0. The number of ether oxygens (including phenoxy) is 1. The summed E-state index contributed by atoms with van der Waals surface area (Å²) in [5.41, 5.74) is 2.51. The first-order chi connectivity index (χ1) is 14.3. The Balaban J connectivity index is 1.57. The highest BCUT2D eigenvalue weighted by atomic mass is 32.2. The van der Waals surface area contributed by atoms with Crippen molar-refractivity contribution in [2.24, 2.45) is 0 Å². The van der Waals surface area contributed by atoms with Gasteiger partial charge in [-0.3, -0.25) is 0 Å². The number of para-hydroxylation sites is 1. The molecule has 2 aromatic carbocycles. The van der Waals surface area contributed by atoms with Crippen LogP contribution in [0.25, 0.3) is 10.9 Å². The van der Waals surface area contributed by atoms with E-state index in [1.54, 1.807) is 11.8 Å². The van der Waals surface area contributed by atoms with E-state index < -0.39 is 0 Å². The number of likely N-dealkylation sites (tertiary alicyclic amines) is 1. The van der Waals surface area contributed by atoms with E-state index in [1.807, 2.05) is 6.07 Å². The van der Waals surface area contributed by atoms with Gasteiger partial charge in [-0.05, 0) is 102 Å². The van der Waals surface area contributed by atoms with Crippen LogP contribution < -0.4 is 4.74 Å². The van der Waals surface area contributed by atoms with Gasteiger partial charge in [0.2, 0.25) is 0 Å². The Morgan fingerprint density at radius 1 is 1.07 bits per heavy atom. The van der Waals surface area contributed by atoms with E-state index in [4.69, 9.17) is 4.74 Å². The quantitative estimate of drug-likeness (QED) is 0.476. The second kappa shape index (κ2) is 8.68. The number of hydrogen-bond donors (Lipinski definition) is 1. The Morgan fingerprint density at radius 3 is 2.50 bits per heavy atom. The zero-order chi connectivity index (χ0) is 21.3. The summed E-state index contributed by atoms with van der Waals surface area (Å²) in [6, 6.07) is 15.8. The molecule has 4 heteroatoms. The largest absolute Gasteiger partial charge is 0.487 e. The molecule has 1 aliphatic heterocycles. The lowest BCUT2D eigenvalue weighted by molar-refractivity contribution is 0.127. The summed E-state index contributed by atoms with van der Waals surface area (Å²) in [6.45, 7) is 13.3. The summed E-state index contributed by atoms with van der Waals surface area (Å²) < 4.78 is 6.19. The molecule has 0 radical (unpaired) electrons. The number of fused-ring (bicyclic) bond motifs is 1. The van der Waals surface area contributed by atoms with Crippen LogP contribution in [0.3, 0.4) is 0 Å². The van der Waals surface area contributed by atoms with Crippen LogP contribution in [0.5, 0.6) is 5.75 Å². The van der Waals surface area contributed by atoms with Crippen LogP contribution in [0.4, 0.5) is 0 Å². The van der Waals surface area contributed by atoms with Gasteiger partial charge >= 0.3 is 0 Å². The molecular weight excluding hydrogens is 388 g/mol. The van der Waals surface area contributed by atoms with Crippen LogP contribution in [-0.2, 0) is 0 Å². The molecule has 1 fully saturated rings. The second-order valence-corrected chi connectivity index (χ2v) is 10.7. The van der Waals surface area contributed by atoms with Crippen LogP contribution >= 0.6 is 11.8 Å². The number of benzene rings is 2. The lowest BCUT2D eigenvalue weighted by Crippen LogP contribution is -2.37. The summed E-state index contributed by atoms with van der Waals surface area (Å²) in [4.78, 5) is 8.52. The van der Waals surface area contributed by atoms with Crippen LogP contribution in [-0.4, -0.2) is 34.6 Å². The average molecular weight is 423 g/mol. The van der Waals surface area contributed by atoms with Crippen molar-refractivity contribution >= 4 is 22.7 Å². The van der Waals surface area contributed by atoms with Gasteiger partial charge in [-0.1, -0.05) is 23.9 Å². The molecule has 1 saturated heterocycles. The summed E-state index contributed by atoms with van der Waals surface area (Å²) >= 11 is 1.79. The maximum Gasteiger partial charge on any atom is 0.134 e. The lowest BCUT2D eigenvalue weighted by Gasteiger charge is -2.34. The zero-order valence-electron chi connectivity index (χ0n) is 18.9. The van der Waals surface area contributed by atoms with Crippen LogP contribution in [0, 0.1) is 0 Å². The molecule has 3 nitrogen and oxygen atoms in total. The van der Waals surface area contributed by atoms with Crippen molar-refractivity contribution in [3.05, 3.63) is 54.2 Å². The number of hydrogen-bond acceptors (Lipinski definition) is 3. The minimum absolute atomic E-state index is 0.209. The van der Waals surface area contributed by atoms with Crippen LogP contribution in [0.15, 0.2) is 58.5 Å². The van der Waals surface area contributed by atoms with Crippen molar-refractivity contribution in [3.63, 3.8) is 0 Å². The third kappa shape index (κ3) is 4.87. The van der Waals surface area contributed by atoms with E-state index in [-0.39, 0.29) is 5.60 Å². The first kappa shape index (κ1) is 21.3. The number of aromatic amines is 1. The number of nitrogens with zero attached hydrogens (tertiary/aromatic N) is 1. The molecule has 2 heterocycles. The molecule has 1 aromatic heterocycles. The van der Waals surface area contributed by atoms with Gasteiger partial charge in [0.15, 0.2) is 0 Å². The van der Waals surface area contributed by atoms with Gasteiger partial charge in [-0.2, -0.15) is 0 Å². The Morgan fingerprint density at radius 2 is 1.80 bits per heavy atom. The van der Waals surface area contributed by atoms with Crippen molar-refractivity contribution in [2.75, 3.05) is 13.1 Å². The first-order valence-corrected chi connectivity index (χ1v) is 11.9. The number of aromatic nitrogens is 1. The Labute approximate surface area is 185 Å². The SMILES string of the molecule is CC(C)N1CCC(c2c[nH]c3ccc(Sc4ccccc4OC(C)(C)C)cc23)CC1. The highest BCUT2D eigenvalue weighted by Gasteiger charge is 2.24. The van der Waals surface area contributed by atoms with Crippen molar-refractivity contribution in [3.8, 4) is 5.75 Å². The fourth-order valence-electron chi connectivity index (χ4n) is 4.33. The fraction of sp³-hybridized carbons (Fsp3) is 0.462. The highest BCUT2D eigenvalue weighted by Crippen LogP contribution is 2.39. The molecular formula is C26H34N2OS. The average Bonchev–Trinajstić information content (AvgIpc) is 3.12.